The summed E-state index contributed by atoms with van der Waals surface area (Å²) in [7, 11) is -6.62. The SMILES string of the molecule is CCCCCCCCCCCCCC[Si](C)(C)OO[Si](O)(O)O. The first-order chi connectivity index (χ1) is 10.8. The maximum absolute atomic E-state index is 8.78. The third-order valence-corrected chi connectivity index (χ3v) is 6.58. The van der Waals surface area contributed by atoms with E-state index in [1.807, 2.05) is 13.1 Å². The molecule has 0 aromatic rings. The molecule has 0 aliphatic heterocycles. The van der Waals surface area contributed by atoms with E-state index in [1.165, 1.54) is 70.6 Å². The molecule has 3 N–H and O–H groups in total. The van der Waals surface area contributed by atoms with Crippen LogP contribution >= 0.6 is 0 Å². The van der Waals surface area contributed by atoms with Crippen LogP contribution in [0.15, 0.2) is 0 Å². The van der Waals surface area contributed by atoms with Gasteiger partial charge in [0.1, 0.15) is 0 Å². The molecular formula is C16H38O5Si2. The molecule has 0 atom stereocenters. The molecule has 0 heterocycles. The molecule has 0 aliphatic carbocycles. The lowest BCUT2D eigenvalue weighted by atomic mass is 10.1. The van der Waals surface area contributed by atoms with Crippen molar-refractivity contribution in [3.05, 3.63) is 0 Å². The largest absolute Gasteiger partial charge is 0.698 e. The molecule has 0 unspecified atom stereocenters. The van der Waals surface area contributed by atoms with Crippen molar-refractivity contribution in [3.8, 4) is 0 Å². The summed E-state index contributed by atoms with van der Waals surface area (Å²) in [5.74, 6) is 0. The van der Waals surface area contributed by atoms with E-state index in [0.29, 0.717) is 0 Å². The Hall–Kier alpha value is 0.234. The van der Waals surface area contributed by atoms with Crippen LogP contribution in [0.25, 0.3) is 0 Å². The zero-order valence-corrected chi connectivity index (χ0v) is 17.4. The lowest BCUT2D eigenvalue weighted by Crippen LogP contribution is -2.43. The Bertz CT molecular complexity index is 270. The average Bonchev–Trinajstić information content (AvgIpc) is 2.46. The summed E-state index contributed by atoms with van der Waals surface area (Å²) in [5, 5.41) is 0. The maximum Gasteiger partial charge on any atom is 0.698 e. The lowest BCUT2D eigenvalue weighted by molar-refractivity contribution is -0.188. The molecule has 0 spiro atoms. The number of hydrogen-bond donors (Lipinski definition) is 3. The minimum Gasteiger partial charge on any atom is -0.366 e. The Morgan fingerprint density at radius 2 is 1.00 bits per heavy atom. The lowest BCUT2D eigenvalue weighted by Gasteiger charge is -2.22. The Labute approximate surface area is 144 Å². The second-order valence-electron chi connectivity index (χ2n) is 7.14. The normalized spacial score (nSPS) is 12.8. The van der Waals surface area contributed by atoms with Gasteiger partial charge in [0.25, 0.3) is 0 Å². The van der Waals surface area contributed by atoms with Gasteiger partial charge in [-0.25, -0.2) is 4.58 Å². The summed E-state index contributed by atoms with van der Waals surface area (Å²) in [5.41, 5.74) is 0. The molecule has 0 fully saturated rings. The summed E-state index contributed by atoms with van der Waals surface area (Å²) in [6, 6.07) is 0.898. The highest BCUT2D eigenvalue weighted by Gasteiger charge is 2.36. The van der Waals surface area contributed by atoms with Crippen molar-refractivity contribution < 1.29 is 23.5 Å². The van der Waals surface area contributed by atoms with Crippen molar-refractivity contribution in [1.29, 1.82) is 0 Å². The average molecular weight is 367 g/mol. The number of rotatable bonds is 16. The molecule has 23 heavy (non-hydrogen) atoms. The molecule has 0 saturated heterocycles. The van der Waals surface area contributed by atoms with Crippen molar-refractivity contribution >= 4 is 17.4 Å². The van der Waals surface area contributed by atoms with Gasteiger partial charge >= 0.3 is 9.05 Å². The predicted molar refractivity (Wildman–Crippen MR) is 97.9 cm³/mol. The molecule has 0 radical (unpaired) electrons. The summed E-state index contributed by atoms with van der Waals surface area (Å²) >= 11 is 0. The van der Waals surface area contributed by atoms with Crippen LogP contribution in [-0.2, 0) is 9.15 Å². The van der Waals surface area contributed by atoms with Gasteiger partial charge in [-0.1, -0.05) is 84.0 Å². The molecule has 0 aliphatic rings. The molecule has 0 aromatic heterocycles. The molecule has 0 aromatic carbocycles. The number of hydrogen-bond acceptors (Lipinski definition) is 5. The van der Waals surface area contributed by atoms with Crippen LogP contribution < -0.4 is 0 Å². The second-order valence-corrected chi connectivity index (χ2v) is 12.6. The van der Waals surface area contributed by atoms with Crippen molar-refractivity contribution in [3.63, 3.8) is 0 Å². The molecule has 0 bridgehead atoms. The van der Waals surface area contributed by atoms with Crippen molar-refractivity contribution in [2.45, 2.75) is 103 Å². The zero-order valence-electron chi connectivity index (χ0n) is 15.4. The third kappa shape index (κ3) is 18.4. The van der Waals surface area contributed by atoms with E-state index >= 15 is 0 Å². The monoisotopic (exact) mass is 366 g/mol. The first-order valence-electron chi connectivity index (χ1n) is 9.31. The Kier molecular flexibility index (Phi) is 13.7. The molecule has 0 rings (SSSR count). The van der Waals surface area contributed by atoms with Crippen molar-refractivity contribution in [2.24, 2.45) is 0 Å². The summed E-state index contributed by atoms with van der Waals surface area (Å²) in [4.78, 5) is 26.3. The molecular weight excluding hydrogens is 328 g/mol. The molecule has 7 heteroatoms. The minimum absolute atomic E-state index is 0.898. The topological polar surface area (TPSA) is 79.2 Å². The van der Waals surface area contributed by atoms with E-state index in [-0.39, 0.29) is 0 Å². The van der Waals surface area contributed by atoms with Gasteiger partial charge in [0.2, 0.25) is 8.32 Å². The summed E-state index contributed by atoms with van der Waals surface area (Å²) in [6.45, 7) is 6.15. The second kappa shape index (κ2) is 13.5. The maximum atomic E-state index is 8.78. The van der Waals surface area contributed by atoms with Gasteiger partial charge in [-0.2, -0.15) is 0 Å². The molecule has 0 saturated carbocycles. The fourth-order valence-electron chi connectivity index (χ4n) is 2.60. The standard InChI is InChI=1S/C16H38O5Si2/c1-4-5-6-7-8-9-10-11-12-13-14-15-16-22(2,3)20-21-23(17,18)19/h17-19H,4-16H2,1-3H3. The van der Waals surface area contributed by atoms with Gasteiger partial charge < -0.3 is 14.4 Å². The van der Waals surface area contributed by atoms with E-state index < -0.39 is 17.4 Å². The third-order valence-electron chi connectivity index (χ3n) is 4.01. The highest BCUT2D eigenvalue weighted by molar-refractivity contribution is 6.71. The van der Waals surface area contributed by atoms with E-state index in [4.69, 9.17) is 19.0 Å². The summed E-state index contributed by atoms with van der Waals surface area (Å²) < 4.78 is 9.36. The first kappa shape index (κ1) is 23.2. The van der Waals surface area contributed by atoms with E-state index in [2.05, 4.69) is 11.5 Å². The van der Waals surface area contributed by atoms with Crippen LogP contribution in [0, 0.1) is 0 Å². The highest BCUT2D eigenvalue weighted by Crippen LogP contribution is 2.19. The summed E-state index contributed by atoms with van der Waals surface area (Å²) in [6.07, 6.45) is 15.8. The van der Waals surface area contributed by atoms with Gasteiger partial charge in [0.05, 0.1) is 0 Å². The van der Waals surface area contributed by atoms with Gasteiger partial charge in [0.15, 0.2) is 0 Å². The number of unbranched alkanes of at least 4 members (excludes halogenated alkanes) is 11. The molecule has 0 amide bonds. The van der Waals surface area contributed by atoms with Gasteiger partial charge in [-0.3, -0.25) is 4.58 Å². The van der Waals surface area contributed by atoms with Gasteiger partial charge in [0, 0.05) is 0 Å². The highest BCUT2D eigenvalue weighted by atomic mass is 28.4. The Morgan fingerprint density at radius 3 is 1.39 bits per heavy atom. The van der Waals surface area contributed by atoms with E-state index in [9.17, 15) is 0 Å². The van der Waals surface area contributed by atoms with Crippen LogP contribution in [-0.4, -0.2) is 31.8 Å². The van der Waals surface area contributed by atoms with Crippen LogP contribution in [0.5, 0.6) is 0 Å². The smallest absolute Gasteiger partial charge is 0.366 e. The fraction of sp³-hybridized carbons (Fsp3) is 1.00. The van der Waals surface area contributed by atoms with Crippen LogP contribution in [0.1, 0.15) is 84.0 Å². The van der Waals surface area contributed by atoms with Crippen LogP contribution in [0.3, 0.4) is 0 Å². The Balaban J connectivity index is 3.35. The fourth-order valence-corrected chi connectivity index (χ4v) is 5.14. The van der Waals surface area contributed by atoms with Crippen LogP contribution in [0.4, 0.5) is 0 Å². The van der Waals surface area contributed by atoms with E-state index in [0.717, 1.165) is 12.5 Å². The van der Waals surface area contributed by atoms with Gasteiger partial charge in [-0.05, 0) is 19.1 Å². The zero-order chi connectivity index (χ0) is 17.6. The quantitative estimate of drug-likeness (QED) is 0.165. The van der Waals surface area contributed by atoms with Crippen molar-refractivity contribution in [1.82, 2.24) is 0 Å². The Morgan fingerprint density at radius 1 is 0.609 bits per heavy atom. The first-order valence-corrected chi connectivity index (χ1v) is 14.2. The minimum atomic E-state index is -4.54. The van der Waals surface area contributed by atoms with Gasteiger partial charge in [-0.15, -0.1) is 0 Å². The van der Waals surface area contributed by atoms with E-state index in [1.54, 1.807) is 0 Å². The van der Waals surface area contributed by atoms with Crippen molar-refractivity contribution in [2.75, 3.05) is 0 Å². The predicted octanol–water partition coefficient (Wildman–Crippen LogP) is 4.25. The van der Waals surface area contributed by atoms with Crippen LogP contribution in [0.2, 0.25) is 19.1 Å². The molecule has 5 nitrogen and oxygen atoms in total. The molecule has 140 valence electrons.